The van der Waals surface area contributed by atoms with E-state index in [-0.39, 0.29) is 5.97 Å². The van der Waals surface area contributed by atoms with Crippen LogP contribution < -0.4 is 0 Å². The number of imidazole rings is 1. The van der Waals surface area contributed by atoms with Gasteiger partial charge < -0.3 is 14.0 Å². The van der Waals surface area contributed by atoms with Crippen molar-refractivity contribution in [2.45, 2.75) is 78.4 Å². The molecule has 0 fully saturated rings. The maximum Gasteiger partial charge on any atom is 0.306 e. The normalized spacial score (nSPS) is 11.7. The molecule has 1 aromatic rings. The summed E-state index contributed by atoms with van der Waals surface area (Å²) in [5.74, 6) is 0.906. The zero-order chi connectivity index (χ0) is 18.0. The molecule has 0 saturated carbocycles. The molecule has 1 aromatic heterocycles. The summed E-state index contributed by atoms with van der Waals surface area (Å²) in [5.41, 5.74) is 1.06. The lowest BCUT2D eigenvalue weighted by molar-refractivity contribution is -0.143. The van der Waals surface area contributed by atoms with Crippen molar-refractivity contribution >= 4 is 14.0 Å². The fourth-order valence-electron chi connectivity index (χ4n) is 2.34. The van der Waals surface area contributed by atoms with Crippen molar-refractivity contribution in [1.29, 1.82) is 0 Å². The molecule has 0 amide bonds. The first-order valence-electron chi connectivity index (χ1n) is 9.14. The Hall–Kier alpha value is -1.14. The lowest BCUT2D eigenvalue weighted by Gasteiger charge is -2.17. The molecule has 0 aliphatic rings. The lowest BCUT2D eigenvalue weighted by atomic mass is 10.2. The minimum absolute atomic E-state index is 0.153. The molecule has 0 N–H and O–H groups in total. The number of hydrogen-bond acceptors (Lipinski definition) is 4. The summed E-state index contributed by atoms with van der Waals surface area (Å²) in [5, 5.41) is 0. The minimum atomic E-state index is -1.08. The van der Waals surface area contributed by atoms with Gasteiger partial charge in [0.1, 0.15) is 12.6 Å². The molecule has 0 radical (unpaired) electrons. The molecule has 0 aliphatic heterocycles. The molecule has 6 heteroatoms. The van der Waals surface area contributed by atoms with Crippen molar-refractivity contribution in [2.75, 3.05) is 13.2 Å². The van der Waals surface area contributed by atoms with E-state index in [1.54, 1.807) is 0 Å². The second kappa shape index (κ2) is 10.7. The van der Waals surface area contributed by atoms with Gasteiger partial charge in [-0.3, -0.25) is 4.79 Å². The minimum Gasteiger partial charge on any atom is -0.466 e. The first-order valence-corrected chi connectivity index (χ1v) is 12.8. The summed E-state index contributed by atoms with van der Waals surface area (Å²) in [6, 6.07) is 1.16. The van der Waals surface area contributed by atoms with Gasteiger partial charge >= 0.3 is 5.97 Å². The van der Waals surface area contributed by atoms with Crippen LogP contribution in [0.5, 0.6) is 0 Å². The molecule has 0 aliphatic carbocycles. The molecular weight excluding hydrogens is 320 g/mol. The average molecular weight is 355 g/mol. The van der Waals surface area contributed by atoms with Crippen molar-refractivity contribution in [3.8, 4) is 0 Å². The number of rotatable bonds is 12. The van der Waals surface area contributed by atoms with Crippen LogP contribution in [0.2, 0.25) is 25.7 Å². The number of aryl methyl sites for hydroxylation is 2. The predicted molar refractivity (Wildman–Crippen MR) is 99.9 cm³/mol. The third kappa shape index (κ3) is 8.10. The maximum atomic E-state index is 11.6. The van der Waals surface area contributed by atoms with Gasteiger partial charge in [0.05, 0.1) is 13.0 Å². The number of carbonyl (C=O) groups is 1. The molecule has 0 aromatic carbocycles. The Labute approximate surface area is 147 Å². The number of unbranched alkanes of at least 4 members (excludes halogenated alkanes) is 1. The third-order valence-corrected chi connectivity index (χ3v) is 5.59. The third-order valence-electron chi connectivity index (χ3n) is 3.88. The Bertz CT molecular complexity index is 495. The van der Waals surface area contributed by atoms with E-state index >= 15 is 0 Å². The van der Waals surface area contributed by atoms with E-state index in [0.717, 1.165) is 43.4 Å². The second-order valence-electron chi connectivity index (χ2n) is 7.35. The molecule has 1 rings (SSSR count). The Morgan fingerprint density at radius 1 is 1.25 bits per heavy atom. The first-order chi connectivity index (χ1) is 11.4. The SMILES string of the molecule is CCCCc1ncc(CCC(=O)OCC)n1COCC[Si](C)(C)C. The lowest BCUT2D eigenvalue weighted by Crippen LogP contribution is -2.22. The molecule has 0 spiro atoms. The highest BCUT2D eigenvalue weighted by molar-refractivity contribution is 6.76. The fourth-order valence-corrected chi connectivity index (χ4v) is 3.10. The smallest absolute Gasteiger partial charge is 0.306 e. The molecule has 5 nitrogen and oxygen atoms in total. The van der Waals surface area contributed by atoms with Crippen LogP contribution >= 0.6 is 0 Å². The van der Waals surface area contributed by atoms with E-state index in [4.69, 9.17) is 9.47 Å². The topological polar surface area (TPSA) is 53.3 Å². The number of ether oxygens (including phenoxy) is 2. The first kappa shape index (κ1) is 20.9. The van der Waals surface area contributed by atoms with Gasteiger partial charge in [0, 0.05) is 33.0 Å². The van der Waals surface area contributed by atoms with Gasteiger partial charge in [-0.05, 0) is 25.8 Å². The maximum absolute atomic E-state index is 11.6. The number of esters is 1. The van der Waals surface area contributed by atoms with Crippen LogP contribution in [0.1, 0.15) is 44.6 Å². The van der Waals surface area contributed by atoms with Crippen LogP contribution in [0.4, 0.5) is 0 Å². The number of nitrogens with zero attached hydrogens (tertiary/aromatic N) is 2. The molecule has 0 unspecified atom stereocenters. The van der Waals surface area contributed by atoms with Crippen LogP contribution in [0.15, 0.2) is 6.20 Å². The summed E-state index contributed by atoms with van der Waals surface area (Å²) in [6.45, 7) is 12.8. The number of carbonyl (C=O) groups excluding carboxylic acids is 1. The highest BCUT2D eigenvalue weighted by atomic mass is 28.3. The zero-order valence-electron chi connectivity index (χ0n) is 16.1. The van der Waals surface area contributed by atoms with E-state index in [9.17, 15) is 4.79 Å². The summed E-state index contributed by atoms with van der Waals surface area (Å²) < 4.78 is 13.1. The Morgan fingerprint density at radius 2 is 2.00 bits per heavy atom. The van der Waals surface area contributed by atoms with Crippen molar-refractivity contribution in [1.82, 2.24) is 9.55 Å². The van der Waals surface area contributed by atoms with E-state index in [1.165, 1.54) is 0 Å². The second-order valence-corrected chi connectivity index (χ2v) is 13.0. The molecule has 0 bridgehead atoms. The van der Waals surface area contributed by atoms with E-state index in [2.05, 4.69) is 36.1 Å². The van der Waals surface area contributed by atoms with Crippen LogP contribution in [0, 0.1) is 0 Å². The van der Waals surface area contributed by atoms with Crippen LogP contribution in [0.25, 0.3) is 0 Å². The van der Waals surface area contributed by atoms with Crippen molar-refractivity contribution in [2.24, 2.45) is 0 Å². The summed E-state index contributed by atoms with van der Waals surface area (Å²) in [4.78, 5) is 16.1. The molecule has 0 saturated heterocycles. The quantitative estimate of drug-likeness (QED) is 0.323. The Morgan fingerprint density at radius 3 is 2.62 bits per heavy atom. The fraction of sp³-hybridized carbons (Fsp3) is 0.778. The van der Waals surface area contributed by atoms with Crippen LogP contribution in [-0.2, 0) is 33.8 Å². The number of hydrogen-bond donors (Lipinski definition) is 0. The standard InChI is InChI=1S/C18H34N2O3Si/c1-6-8-9-17-19-14-16(10-11-18(21)23-7-2)20(17)15-22-12-13-24(3,4)5/h14H,6-13,15H2,1-5H3. The number of aromatic nitrogens is 2. The highest BCUT2D eigenvalue weighted by Crippen LogP contribution is 2.13. The molecule has 24 heavy (non-hydrogen) atoms. The van der Waals surface area contributed by atoms with Crippen LogP contribution in [-0.4, -0.2) is 36.8 Å². The van der Waals surface area contributed by atoms with Gasteiger partial charge in [0.2, 0.25) is 0 Å². The zero-order valence-corrected chi connectivity index (χ0v) is 17.1. The summed E-state index contributed by atoms with van der Waals surface area (Å²) in [7, 11) is -1.08. The average Bonchev–Trinajstić information content (AvgIpc) is 2.89. The van der Waals surface area contributed by atoms with E-state index in [1.807, 2.05) is 13.1 Å². The summed E-state index contributed by atoms with van der Waals surface area (Å²) >= 11 is 0. The van der Waals surface area contributed by atoms with E-state index in [0.29, 0.717) is 26.2 Å². The largest absolute Gasteiger partial charge is 0.466 e. The van der Waals surface area contributed by atoms with Crippen molar-refractivity contribution in [3.05, 3.63) is 17.7 Å². The Kier molecular flexibility index (Phi) is 9.29. The highest BCUT2D eigenvalue weighted by Gasteiger charge is 2.14. The Balaban J connectivity index is 2.65. The molecule has 0 atom stereocenters. The van der Waals surface area contributed by atoms with Crippen LogP contribution in [0.3, 0.4) is 0 Å². The molecule has 138 valence electrons. The van der Waals surface area contributed by atoms with Gasteiger partial charge in [-0.2, -0.15) is 0 Å². The van der Waals surface area contributed by atoms with Gasteiger partial charge in [-0.1, -0.05) is 33.0 Å². The van der Waals surface area contributed by atoms with Crippen molar-refractivity contribution < 1.29 is 14.3 Å². The predicted octanol–water partition coefficient (Wildman–Crippen LogP) is 4.03. The monoisotopic (exact) mass is 354 g/mol. The van der Waals surface area contributed by atoms with Gasteiger partial charge in [0.15, 0.2) is 0 Å². The molecule has 1 heterocycles. The summed E-state index contributed by atoms with van der Waals surface area (Å²) in [6.07, 6.45) is 6.13. The van der Waals surface area contributed by atoms with Gasteiger partial charge in [0.25, 0.3) is 0 Å². The van der Waals surface area contributed by atoms with Gasteiger partial charge in [-0.15, -0.1) is 0 Å². The van der Waals surface area contributed by atoms with E-state index < -0.39 is 8.07 Å². The molecular formula is C18H34N2O3Si. The van der Waals surface area contributed by atoms with Gasteiger partial charge in [-0.25, -0.2) is 4.98 Å². The van der Waals surface area contributed by atoms with Crippen molar-refractivity contribution in [3.63, 3.8) is 0 Å².